The fraction of sp³-hybridized carbons (Fsp3) is 0.361. The number of methoxy groups -OCH3 is 1. The van der Waals surface area contributed by atoms with Crippen LogP contribution in [0.15, 0.2) is 60.7 Å². The van der Waals surface area contributed by atoms with Crippen molar-refractivity contribution < 1.29 is 43.1 Å². The Morgan fingerprint density at radius 1 is 1.00 bits per heavy atom. The number of carbonyl (C=O) groups is 5. The molecule has 0 unspecified atom stereocenters. The number of benzene rings is 3. The smallest absolute Gasteiger partial charge is 0.325 e. The van der Waals surface area contributed by atoms with Crippen LogP contribution in [0, 0.1) is 16.0 Å². The minimum atomic E-state index is -1.36. The minimum Gasteiger partial charge on any atom is -0.490 e. The molecule has 3 aromatic rings. The number of amides is 4. The number of rotatable bonds is 12. The standard InChI is InChI=1S/C36H43N7O10/c1-20(2)11-24(40-31(44)17-37)35(47)42-26-13-22-9-10-28(27(14-22)43(49)50)52-29-15-23(16-30(33(29)51-3)53-32(45)18-38)19-39-34(46)25(41-36(26)48)12-21-7-5-4-6-8-21/h4-10,14-16,20,24-26H,11-13,17-19,37-38H2,1-3H3,(H,39,46)(H,40,44)(H,41,48)(H,42,47)/t24-,25+,26-/m1/s1. The summed E-state index contributed by atoms with van der Waals surface area (Å²) in [5, 5.41) is 23.1. The molecule has 3 atom stereocenters. The lowest BCUT2D eigenvalue weighted by Gasteiger charge is -2.26. The summed E-state index contributed by atoms with van der Waals surface area (Å²) in [6, 6.07) is 12.2. The molecule has 2 heterocycles. The van der Waals surface area contributed by atoms with Crippen LogP contribution in [0.3, 0.4) is 0 Å². The van der Waals surface area contributed by atoms with E-state index in [0.717, 1.165) is 0 Å². The molecule has 3 aromatic carbocycles. The van der Waals surface area contributed by atoms with Gasteiger partial charge in [0, 0.05) is 25.5 Å². The Bertz CT molecular complexity index is 1840. The summed E-state index contributed by atoms with van der Waals surface area (Å²) in [7, 11) is 1.28. The summed E-state index contributed by atoms with van der Waals surface area (Å²) >= 11 is 0. The van der Waals surface area contributed by atoms with Gasteiger partial charge < -0.3 is 46.9 Å². The summed E-state index contributed by atoms with van der Waals surface area (Å²) in [6.45, 7) is 2.70. The second-order valence-corrected chi connectivity index (χ2v) is 12.7. The predicted molar refractivity (Wildman–Crippen MR) is 191 cm³/mol. The first-order chi connectivity index (χ1) is 25.3. The van der Waals surface area contributed by atoms with E-state index in [4.69, 9.17) is 25.7 Å². The molecule has 0 spiro atoms. The lowest BCUT2D eigenvalue weighted by Crippen LogP contribution is -2.58. The average Bonchev–Trinajstić information content (AvgIpc) is 3.13. The van der Waals surface area contributed by atoms with Crippen LogP contribution in [0.2, 0.25) is 0 Å². The van der Waals surface area contributed by atoms with E-state index in [1.807, 2.05) is 13.8 Å². The Hall–Kier alpha value is -6.07. The van der Waals surface area contributed by atoms with Gasteiger partial charge in [-0.25, -0.2) is 0 Å². The first kappa shape index (κ1) is 39.7. The molecule has 2 aliphatic rings. The number of fused-ring (bicyclic) bond motifs is 9. The molecule has 4 bridgehead atoms. The van der Waals surface area contributed by atoms with Crippen molar-refractivity contribution in [3.63, 3.8) is 0 Å². The van der Waals surface area contributed by atoms with Crippen LogP contribution in [0.5, 0.6) is 23.0 Å². The normalized spacial score (nSPS) is 16.4. The second kappa shape index (κ2) is 18.4. The number of nitro groups is 1. The fourth-order valence-corrected chi connectivity index (χ4v) is 5.60. The van der Waals surface area contributed by atoms with Crippen molar-refractivity contribution in [2.24, 2.45) is 17.4 Å². The lowest BCUT2D eigenvalue weighted by atomic mass is 9.99. The Morgan fingerprint density at radius 2 is 1.74 bits per heavy atom. The van der Waals surface area contributed by atoms with Gasteiger partial charge in [-0.1, -0.05) is 50.2 Å². The quantitative estimate of drug-likeness (QED) is 0.0663. The molecule has 8 N–H and O–H groups in total. The van der Waals surface area contributed by atoms with Crippen molar-refractivity contribution in [1.29, 1.82) is 0 Å². The van der Waals surface area contributed by atoms with E-state index >= 15 is 0 Å². The number of nitrogens with one attached hydrogen (secondary N) is 4. The first-order valence-corrected chi connectivity index (χ1v) is 16.8. The van der Waals surface area contributed by atoms with Gasteiger partial charge in [0.25, 0.3) is 0 Å². The van der Waals surface area contributed by atoms with Crippen LogP contribution in [0.25, 0.3) is 0 Å². The Labute approximate surface area is 305 Å². The topological polar surface area (TPSA) is 256 Å². The molecule has 0 radical (unpaired) electrons. The molecule has 17 heteroatoms. The van der Waals surface area contributed by atoms with E-state index in [1.54, 1.807) is 30.3 Å². The van der Waals surface area contributed by atoms with Gasteiger partial charge in [-0.15, -0.1) is 0 Å². The number of nitro benzene ring substituents is 1. The fourth-order valence-electron chi connectivity index (χ4n) is 5.60. The molecular weight excluding hydrogens is 690 g/mol. The van der Waals surface area contributed by atoms with Crippen molar-refractivity contribution in [3.05, 3.63) is 87.5 Å². The molecule has 5 rings (SSSR count). The third-order valence-corrected chi connectivity index (χ3v) is 8.11. The maximum absolute atomic E-state index is 14.1. The highest BCUT2D eigenvalue weighted by atomic mass is 16.6. The average molecular weight is 734 g/mol. The van der Waals surface area contributed by atoms with Gasteiger partial charge in [0.2, 0.25) is 35.1 Å². The molecule has 0 fully saturated rings. The highest BCUT2D eigenvalue weighted by Crippen LogP contribution is 2.43. The summed E-state index contributed by atoms with van der Waals surface area (Å²) in [5.74, 6) is -3.95. The SMILES string of the molecule is COc1c(OC(=O)CN)cc2cc1Oc1ccc(cc1[N+](=O)[O-])C[C@@H](NC(=O)[C@@H](CC(C)C)NC(=O)CN)C(=O)N[C@@H](Cc1ccccc1)C(=O)NC2. The Balaban J connectivity index is 1.83. The van der Waals surface area contributed by atoms with Gasteiger partial charge in [-0.05, 0) is 47.2 Å². The van der Waals surface area contributed by atoms with Gasteiger partial charge >= 0.3 is 11.7 Å². The van der Waals surface area contributed by atoms with Gasteiger partial charge in [-0.2, -0.15) is 0 Å². The Morgan fingerprint density at radius 3 is 2.38 bits per heavy atom. The molecule has 2 aliphatic heterocycles. The first-order valence-electron chi connectivity index (χ1n) is 16.8. The van der Waals surface area contributed by atoms with E-state index in [-0.39, 0.29) is 66.8 Å². The zero-order valence-electron chi connectivity index (χ0n) is 29.5. The summed E-state index contributed by atoms with van der Waals surface area (Å²) in [6.07, 6.45) is 0.0208. The highest BCUT2D eigenvalue weighted by molar-refractivity contribution is 5.94. The van der Waals surface area contributed by atoms with Gasteiger partial charge in [0.15, 0.2) is 11.5 Å². The van der Waals surface area contributed by atoms with Crippen LogP contribution in [-0.4, -0.2) is 72.8 Å². The number of hydrogen-bond acceptors (Lipinski definition) is 12. The van der Waals surface area contributed by atoms with Gasteiger partial charge in [0.1, 0.15) is 18.1 Å². The van der Waals surface area contributed by atoms with E-state index in [0.29, 0.717) is 11.1 Å². The summed E-state index contributed by atoms with van der Waals surface area (Å²) < 4.78 is 16.8. The third-order valence-electron chi connectivity index (χ3n) is 8.11. The summed E-state index contributed by atoms with van der Waals surface area (Å²) in [5.41, 5.74) is 11.8. The minimum absolute atomic E-state index is 0.0363. The van der Waals surface area contributed by atoms with E-state index in [1.165, 1.54) is 37.4 Å². The number of ether oxygens (including phenoxy) is 3. The molecule has 0 saturated heterocycles. The van der Waals surface area contributed by atoms with Crippen LogP contribution >= 0.6 is 0 Å². The number of carbonyl (C=O) groups excluding carboxylic acids is 5. The van der Waals surface area contributed by atoms with Crippen LogP contribution in [0.1, 0.15) is 37.0 Å². The zero-order valence-corrected chi connectivity index (χ0v) is 29.5. The maximum Gasteiger partial charge on any atom is 0.325 e. The molecule has 282 valence electrons. The summed E-state index contributed by atoms with van der Waals surface area (Å²) in [4.78, 5) is 77.6. The largest absolute Gasteiger partial charge is 0.490 e. The molecule has 53 heavy (non-hydrogen) atoms. The maximum atomic E-state index is 14.1. The van der Waals surface area contributed by atoms with Gasteiger partial charge in [-0.3, -0.25) is 34.1 Å². The molecule has 17 nitrogen and oxygen atoms in total. The molecule has 4 amide bonds. The third kappa shape index (κ3) is 11.0. The van der Waals surface area contributed by atoms with Crippen molar-refractivity contribution in [3.8, 4) is 23.0 Å². The molecular formula is C36H43N7O10. The van der Waals surface area contributed by atoms with E-state index in [9.17, 15) is 34.1 Å². The van der Waals surface area contributed by atoms with E-state index in [2.05, 4.69) is 21.3 Å². The van der Waals surface area contributed by atoms with Gasteiger partial charge in [0.05, 0.1) is 25.1 Å². The van der Waals surface area contributed by atoms with Crippen molar-refractivity contribution in [1.82, 2.24) is 21.3 Å². The molecule has 0 saturated carbocycles. The predicted octanol–water partition coefficient (Wildman–Crippen LogP) is 1.13. The van der Waals surface area contributed by atoms with Crippen LogP contribution in [0.4, 0.5) is 5.69 Å². The molecule has 0 aromatic heterocycles. The highest BCUT2D eigenvalue weighted by Gasteiger charge is 2.32. The zero-order chi connectivity index (χ0) is 38.7. The van der Waals surface area contributed by atoms with Crippen molar-refractivity contribution in [2.45, 2.75) is 57.8 Å². The number of esters is 1. The van der Waals surface area contributed by atoms with Crippen molar-refractivity contribution in [2.75, 3.05) is 20.2 Å². The number of hydrogen-bond donors (Lipinski definition) is 6. The number of nitrogens with two attached hydrogens (primary N) is 2. The second-order valence-electron chi connectivity index (χ2n) is 12.7. The lowest BCUT2D eigenvalue weighted by molar-refractivity contribution is -0.385. The Kier molecular flexibility index (Phi) is 13.8. The monoisotopic (exact) mass is 733 g/mol. The van der Waals surface area contributed by atoms with E-state index < -0.39 is 64.9 Å². The molecule has 0 aliphatic carbocycles. The van der Waals surface area contributed by atoms with Crippen molar-refractivity contribution >= 4 is 35.3 Å². The van der Waals surface area contributed by atoms with Crippen LogP contribution in [-0.2, 0) is 43.4 Å². The number of nitrogens with zero attached hydrogens (tertiary/aromatic N) is 1. The van der Waals surface area contributed by atoms with Crippen LogP contribution < -0.4 is 46.9 Å².